The van der Waals surface area contributed by atoms with E-state index in [0.29, 0.717) is 25.2 Å². The van der Waals surface area contributed by atoms with Crippen molar-refractivity contribution in [2.45, 2.75) is 31.7 Å². The minimum absolute atomic E-state index is 0.0252. The molecule has 0 spiro atoms. The minimum atomic E-state index is -5.02. The molecule has 1 unspecified atom stereocenters. The number of benzene rings is 3. The van der Waals surface area contributed by atoms with Crippen molar-refractivity contribution in [1.29, 1.82) is 0 Å². The Morgan fingerprint density at radius 2 is 1.72 bits per heavy atom. The van der Waals surface area contributed by atoms with Crippen molar-refractivity contribution in [3.63, 3.8) is 0 Å². The summed E-state index contributed by atoms with van der Waals surface area (Å²) < 4.78 is 69.4. The van der Waals surface area contributed by atoms with Gasteiger partial charge >= 0.3 is 18.2 Å². The van der Waals surface area contributed by atoms with Crippen LogP contribution in [0.25, 0.3) is 22.1 Å². The number of nitrogens with zero attached hydrogens (tertiary/aromatic N) is 1. The highest BCUT2D eigenvalue weighted by atomic mass is 19.4. The predicted molar refractivity (Wildman–Crippen MR) is 146 cm³/mol. The second kappa shape index (κ2) is 11.3. The summed E-state index contributed by atoms with van der Waals surface area (Å²) in [6, 6.07) is 15.7. The van der Waals surface area contributed by atoms with E-state index in [4.69, 9.17) is 23.4 Å². The number of halogens is 3. The standard InChI is InChI=1S/C31H24F3NO8/c32-31(33,34)28-26(19-8-11-23-25(15-19)40-14-13-39-23)27(36)21-10-9-20(16-24(21)43-28)42-29(37)22-7-4-12-35(22)30(38)41-17-18-5-2-1-3-6-18/h1-3,5-6,8-11,15-16,22H,4,7,12-14,17H2. The summed E-state index contributed by atoms with van der Waals surface area (Å²) in [5, 5.41) is -0.148. The van der Waals surface area contributed by atoms with Gasteiger partial charge in [0.05, 0.1) is 10.9 Å². The Bertz CT molecular complexity index is 1750. The summed E-state index contributed by atoms with van der Waals surface area (Å²) in [7, 11) is 0. The monoisotopic (exact) mass is 595 g/mol. The van der Waals surface area contributed by atoms with Gasteiger partial charge in [0.1, 0.15) is 37.2 Å². The molecule has 0 saturated carbocycles. The molecule has 4 aromatic rings. The molecule has 43 heavy (non-hydrogen) atoms. The van der Waals surface area contributed by atoms with Crippen LogP contribution in [0.4, 0.5) is 18.0 Å². The second-order valence-corrected chi connectivity index (χ2v) is 9.96. The minimum Gasteiger partial charge on any atom is -0.486 e. The van der Waals surface area contributed by atoms with E-state index in [1.807, 2.05) is 18.2 Å². The molecule has 3 heterocycles. The lowest BCUT2D eigenvalue weighted by Crippen LogP contribution is -2.42. The van der Waals surface area contributed by atoms with Gasteiger partial charge in [-0.05, 0) is 48.2 Å². The summed E-state index contributed by atoms with van der Waals surface area (Å²) >= 11 is 0. The number of amides is 1. The number of carbonyl (C=O) groups excluding carboxylic acids is 2. The summed E-state index contributed by atoms with van der Waals surface area (Å²) in [6.45, 7) is 0.807. The Labute approximate surface area is 242 Å². The summed E-state index contributed by atoms with van der Waals surface area (Å²) in [4.78, 5) is 40.4. The number of likely N-dealkylation sites (tertiary alicyclic amines) is 1. The molecule has 2 aliphatic heterocycles. The van der Waals surface area contributed by atoms with Gasteiger partial charge in [0.25, 0.3) is 0 Å². The number of ether oxygens (including phenoxy) is 4. The van der Waals surface area contributed by atoms with Crippen molar-refractivity contribution in [3.05, 3.63) is 88.3 Å². The van der Waals surface area contributed by atoms with Gasteiger partial charge in [-0.15, -0.1) is 0 Å². The van der Waals surface area contributed by atoms with Crippen molar-refractivity contribution in [3.8, 4) is 28.4 Å². The van der Waals surface area contributed by atoms with E-state index in [9.17, 15) is 27.6 Å². The Kier molecular flexibility index (Phi) is 7.43. The van der Waals surface area contributed by atoms with Crippen LogP contribution < -0.4 is 19.6 Å². The third-order valence-corrected chi connectivity index (χ3v) is 7.14. The molecule has 1 saturated heterocycles. The van der Waals surface area contributed by atoms with E-state index in [0.717, 1.165) is 11.6 Å². The molecule has 0 aliphatic carbocycles. The lowest BCUT2D eigenvalue weighted by atomic mass is 10.0. The van der Waals surface area contributed by atoms with Crippen LogP contribution in [0.3, 0.4) is 0 Å². The van der Waals surface area contributed by atoms with Crippen molar-refractivity contribution in [2.24, 2.45) is 0 Å². The van der Waals surface area contributed by atoms with Crippen LogP contribution in [0.2, 0.25) is 0 Å². The Morgan fingerprint density at radius 3 is 2.49 bits per heavy atom. The number of alkyl halides is 3. The highest BCUT2D eigenvalue weighted by Gasteiger charge is 2.40. The number of rotatable bonds is 5. The van der Waals surface area contributed by atoms with Gasteiger partial charge in [-0.2, -0.15) is 13.2 Å². The number of esters is 1. The zero-order valence-electron chi connectivity index (χ0n) is 22.5. The normalized spacial score (nSPS) is 16.3. The van der Waals surface area contributed by atoms with Gasteiger partial charge in [-0.1, -0.05) is 36.4 Å². The maximum Gasteiger partial charge on any atom is 0.450 e. The van der Waals surface area contributed by atoms with Crippen LogP contribution in [0.15, 0.2) is 75.9 Å². The molecule has 9 nitrogen and oxygen atoms in total. The van der Waals surface area contributed by atoms with Crippen LogP contribution in [0.5, 0.6) is 17.2 Å². The van der Waals surface area contributed by atoms with E-state index in [1.165, 1.54) is 35.2 Å². The van der Waals surface area contributed by atoms with Crippen LogP contribution >= 0.6 is 0 Å². The number of fused-ring (bicyclic) bond motifs is 2. The SMILES string of the molecule is O=C(Oc1ccc2c(=O)c(-c3ccc4c(c3)OCCO4)c(C(F)(F)F)oc2c1)C1CCCN1C(=O)OCc1ccccc1. The molecule has 0 bridgehead atoms. The van der Waals surface area contributed by atoms with E-state index >= 15 is 0 Å². The first-order valence-corrected chi connectivity index (χ1v) is 13.5. The summed E-state index contributed by atoms with van der Waals surface area (Å²) in [6.07, 6.45) is -4.86. The summed E-state index contributed by atoms with van der Waals surface area (Å²) in [5.74, 6) is -1.88. The topological polar surface area (TPSA) is 105 Å². The summed E-state index contributed by atoms with van der Waals surface area (Å²) in [5.41, 5.74) is -1.30. The molecule has 1 amide bonds. The molecule has 3 aromatic carbocycles. The molecule has 1 atom stereocenters. The van der Waals surface area contributed by atoms with Crippen LogP contribution in [-0.2, 0) is 22.3 Å². The lowest BCUT2D eigenvalue weighted by molar-refractivity contribution is -0.152. The van der Waals surface area contributed by atoms with E-state index in [2.05, 4.69) is 0 Å². The molecule has 1 fully saturated rings. The van der Waals surface area contributed by atoms with Gasteiger partial charge in [0.2, 0.25) is 11.2 Å². The Hall–Kier alpha value is -5.00. The van der Waals surface area contributed by atoms with E-state index < -0.39 is 46.6 Å². The molecular formula is C31H24F3NO8. The van der Waals surface area contributed by atoms with Crippen LogP contribution in [0, 0.1) is 0 Å². The Morgan fingerprint density at radius 1 is 0.953 bits per heavy atom. The molecule has 222 valence electrons. The average Bonchev–Trinajstić information content (AvgIpc) is 3.50. The molecule has 12 heteroatoms. The molecule has 0 radical (unpaired) electrons. The first-order valence-electron chi connectivity index (χ1n) is 13.5. The first kappa shape index (κ1) is 28.1. The molecular weight excluding hydrogens is 571 g/mol. The fraction of sp³-hybridized carbons (Fsp3) is 0.258. The van der Waals surface area contributed by atoms with Gasteiger partial charge < -0.3 is 23.4 Å². The fourth-order valence-corrected chi connectivity index (χ4v) is 5.11. The third kappa shape index (κ3) is 5.72. The van der Waals surface area contributed by atoms with Gasteiger partial charge in [-0.25, -0.2) is 9.59 Å². The van der Waals surface area contributed by atoms with E-state index in [1.54, 1.807) is 12.1 Å². The lowest BCUT2D eigenvalue weighted by Gasteiger charge is -2.22. The highest BCUT2D eigenvalue weighted by molar-refractivity contribution is 5.87. The second-order valence-electron chi connectivity index (χ2n) is 9.96. The maximum atomic E-state index is 14.2. The highest BCUT2D eigenvalue weighted by Crippen LogP contribution is 2.41. The third-order valence-electron chi connectivity index (χ3n) is 7.14. The van der Waals surface area contributed by atoms with Crippen molar-refractivity contribution in [2.75, 3.05) is 19.8 Å². The maximum absolute atomic E-state index is 14.2. The largest absolute Gasteiger partial charge is 0.486 e. The number of hydrogen-bond acceptors (Lipinski definition) is 8. The quantitative estimate of drug-likeness (QED) is 0.206. The van der Waals surface area contributed by atoms with Crippen LogP contribution in [0.1, 0.15) is 24.2 Å². The molecule has 0 N–H and O–H groups in total. The van der Waals surface area contributed by atoms with Crippen molar-refractivity contribution >= 4 is 23.0 Å². The molecule has 6 rings (SSSR count). The van der Waals surface area contributed by atoms with Crippen molar-refractivity contribution < 1.29 is 46.1 Å². The number of hydrogen-bond donors (Lipinski definition) is 0. The Balaban J connectivity index is 1.26. The zero-order chi connectivity index (χ0) is 30.1. The van der Waals surface area contributed by atoms with Gasteiger partial charge in [0, 0.05) is 12.6 Å². The smallest absolute Gasteiger partial charge is 0.450 e. The predicted octanol–water partition coefficient (Wildman–Crippen LogP) is 5.96. The molecule has 2 aliphatic rings. The van der Waals surface area contributed by atoms with Gasteiger partial charge in [-0.3, -0.25) is 9.69 Å². The average molecular weight is 596 g/mol. The van der Waals surface area contributed by atoms with Crippen LogP contribution in [-0.4, -0.2) is 42.8 Å². The first-order chi connectivity index (χ1) is 20.7. The van der Waals surface area contributed by atoms with Crippen molar-refractivity contribution in [1.82, 2.24) is 4.90 Å². The number of carbonyl (C=O) groups is 2. The van der Waals surface area contributed by atoms with E-state index in [-0.39, 0.29) is 42.2 Å². The zero-order valence-corrected chi connectivity index (χ0v) is 22.5. The fourth-order valence-electron chi connectivity index (χ4n) is 5.11. The van der Waals surface area contributed by atoms with Gasteiger partial charge in [0.15, 0.2) is 11.5 Å². The molecule has 1 aromatic heterocycles.